The number of aromatic nitrogens is 1. The molecule has 5 heteroatoms. The van der Waals surface area contributed by atoms with E-state index in [-0.39, 0.29) is 11.8 Å². The van der Waals surface area contributed by atoms with E-state index in [9.17, 15) is 9.59 Å². The van der Waals surface area contributed by atoms with Crippen LogP contribution in [0.15, 0.2) is 73.1 Å². The van der Waals surface area contributed by atoms with Crippen molar-refractivity contribution in [2.24, 2.45) is 0 Å². The van der Waals surface area contributed by atoms with Gasteiger partial charge in [-0.15, -0.1) is 0 Å². The molecule has 0 unspecified atom stereocenters. The van der Waals surface area contributed by atoms with Gasteiger partial charge >= 0.3 is 0 Å². The molecular formula is C23H21N3O2. The first-order valence-corrected chi connectivity index (χ1v) is 9.39. The summed E-state index contributed by atoms with van der Waals surface area (Å²) in [5, 5.41) is 2.95. The Labute approximate surface area is 164 Å². The van der Waals surface area contributed by atoms with E-state index in [0.717, 1.165) is 23.2 Å². The maximum absolute atomic E-state index is 12.8. The van der Waals surface area contributed by atoms with Gasteiger partial charge in [-0.1, -0.05) is 36.4 Å². The normalized spacial score (nSPS) is 12.5. The minimum absolute atomic E-state index is 0.0352. The molecule has 0 bridgehead atoms. The van der Waals surface area contributed by atoms with E-state index in [0.29, 0.717) is 30.6 Å². The zero-order chi connectivity index (χ0) is 19.3. The van der Waals surface area contributed by atoms with Gasteiger partial charge in [0.1, 0.15) is 0 Å². The van der Waals surface area contributed by atoms with Gasteiger partial charge in [-0.25, -0.2) is 0 Å². The Bertz CT molecular complexity index is 987. The number of amides is 2. The van der Waals surface area contributed by atoms with Crippen LogP contribution in [0.1, 0.15) is 27.9 Å². The summed E-state index contributed by atoms with van der Waals surface area (Å²) in [5.41, 5.74) is 4.38. The molecule has 1 N–H and O–H groups in total. The molecule has 28 heavy (non-hydrogen) atoms. The molecule has 1 aliphatic rings. The van der Waals surface area contributed by atoms with E-state index in [1.54, 1.807) is 29.4 Å². The zero-order valence-electron chi connectivity index (χ0n) is 15.5. The number of nitrogens with one attached hydrogen (secondary N) is 1. The van der Waals surface area contributed by atoms with Crippen molar-refractivity contribution >= 4 is 23.2 Å². The number of fused-ring (bicyclic) bond motifs is 1. The van der Waals surface area contributed by atoms with Gasteiger partial charge in [0, 0.05) is 36.7 Å². The summed E-state index contributed by atoms with van der Waals surface area (Å²) >= 11 is 0. The SMILES string of the molecule is O=C(CCc1ccccc1)Nc1ccc2c(c1)N(C(=O)c1cccnc1)CC2. The molecule has 0 spiro atoms. The quantitative estimate of drug-likeness (QED) is 0.741. The Morgan fingerprint density at radius 3 is 2.68 bits per heavy atom. The summed E-state index contributed by atoms with van der Waals surface area (Å²) in [4.78, 5) is 30.9. The van der Waals surface area contributed by atoms with Crippen molar-refractivity contribution in [1.29, 1.82) is 0 Å². The van der Waals surface area contributed by atoms with Crippen molar-refractivity contribution in [3.63, 3.8) is 0 Å². The molecule has 3 aromatic rings. The topological polar surface area (TPSA) is 62.3 Å². The predicted molar refractivity (Wildman–Crippen MR) is 109 cm³/mol. The van der Waals surface area contributed by atoms with Crippen molar-refractivity contribution in [2.75, 3.05) is 16.8 Å². The van der Waals surface area contributed by atoms with E-state index in [2.05, 4.69) is 10.3 Å². The number of carbonyl (C=O) groups is 2. The number of nitrogens with zero attached hydrogens (tertiary/aromatic N) is 2. The molecule has 0 radical (unpaired) electrons. The van der Waals surface area contributed by atoms with Crippen LogP contribution < -0.4 is 10.2 Å². The maximum atomic E-state index is 12.8. The number of aryl methyl sites for hydroxylation is 1. The Hall–Kier alpha value is -3.47. The summed E-state index contributed by atoms with van der Waals surface area (Å²) in [6.07, 6.45) is 5.15. The number of benzene rings is 2. The third-order valence-corrected chi connectivity index (χ3v) is 4.90. The molecule has 140 valence electrons. The molecule has 2 amide bonds. The summed E-state index contributed by atoms with van der Waals surface area (Å²) in [6, 6.07) is 19.2. The molecular weight excluding hydrogens is 350 g/mol. The third kappa shape index (κ3) is 3.93. The van der Waals surface area contributed by atoms with Crippen molar-refractivity contribution < 1.29 is 9.59 Å². The van der Waals surface area contributed by atoms with Crippen LogP contribution >= 0.6 is 0 Å². The molecule has 1 aromatic heterocycles. The lowest BCUT2D eigenvalue weighted by atomic mass is 10.1. The average Bonchev–Trinajstić information content (AvgIpc) is 3.16. The molecule has 1 aliphatic heterocycles. The monoisotopic (exact) mass is 371 g/mol. The molecule has 0 atom stereocenters. The summed E-state index contributed by atoms with van der Waals surface area (Å²) in [7, 11) is 0. The number of pyridine rings is 1. The number of anilines is 2. The van der Waals surface area contributed by atoms with Crippen LogP contribution in [-0.4, -0.2) is 23.3 Å². The van der Waals surface area contributed by atoms with Crippen LogP contribution in [-0.2, 0) is 17.6 Å². The van der Waals surface area contributed by atoms with Crippen LogP contribution in [0.3, 0.4) is 0 Å². The highest BCUT2D eigenvalue weighted by Crippen LogP contribution is 2.32. The van der Waals surface area contributed by atoms with E-state index in [1.165, 1.54) is 0 Å². The predicted octanol–water partition coefficient (Wildman–Crippen LogP) is 3.86. The Balaban J connectivity index is 1.44. The molecule has 0 saturated heterocycles. The van der Waals surface area contributed by atoms with Gasteiger partial charge < -0.3 is 10.2 Å². The van der Waals surface area contributed by atoms with Crippen LogP contribution in [0.5, 0.6) is 0 Å². The van der Waals surface area contributed by atoms with Crippen LogP contribution in [0.2, 0.25) is 0 Å². The van der Waals surface area contributed by atoms with Crippen LogP contribution in [0.4, 0.5) is 11.4 Å². The van der Waals surface area contributed by atoms with Crippen molar-refractivity contribution in [2.45, 2.75) is 19.3 Å². The first-order valence-electron chi connectivity index (χ1n) is 9.39. The van der Waals surface area contributed by atoms with Crippen LogP contribution in [0.25, 0.3) is 0 Å². The van der Waals surface area contributed by atoms with E-state index >= 15 is 0 Å². The highest BCUT2D eigenvalue weighted by atomic mass is 16.2. The third-order valence-electron chi connectivity index (χ3n) is 4.90. The first-order chi connectivity index (χ1) is 13.7. The fourth-order valence-corrected chi connectivity index (χ4v) is 3.44. The summed E-state index contributed by atoms with van der Waals surface area (Å²) < 4.78 is 0. The number of hydrogen-bond acceptors (Lipinski definition) is 3. The summed E-state index contributed by atoms with van der Waals surface area (Å²) in [5.74, 6) is -0.105. The number of rotatable bonds is 5. The van der Waals surface area contributed by atoms with E-state index in [1.807, 2.05) is 48.5 Å². The molecule has 5 nitrogen and oxygen atoms in total. The standard InChI is InChI=1S/C23H21N3O2/c27-22(11-8-17-5-2-1-3-6-17)25-20-10-9-18-12-14-26(21(18)15-20)23(28)19-7-4-13-24-16-19/h1-7,9-10,13,15-16H,8,11-12,14H2,(H,25,27). The summed E-state index contributed by atoms with van der Waals surface area (Å²) in [6.45, 7) is 0.633. The van der Waals surface area contributed by atoms with Crippen molar-refractivity contribution in [1.82, 2.24) is 4.98 Å². The van der Waals surface area contributed by atoms with Crippen LogP contribution in [0, 0.1) is 0 Å². The van der Waals surface area contributed by atoms with Crippen molar-refractivity contribution in [3.8, 4) is 0 Å². The van der Waals surface area contributed by atoms with Gasteiger partial charge in [-0.05, 0) is 48.2 Å². The van der Waals surface area contributed by atoms with Gasteiger partial charge in [0.15, 0.2) is 0 Å². The van der Waals surface area contributed by atoms with Gasteiger partial charge in [-0.2, -0.15) is 0 Å². The smallest absolute Gasteiger partial charge is 0.259 e. The molecule has 0 aliphatic carbocycles. The fourth-order valence-electron chi connectivity index (χ4n) is 3.44. The lowest BCUT2D eigenvalue weighted by molar-refractivity contribution is -0.116. The van der Waals surface area contributed by atoms with Gasteiger partial charge in [0.25, 0.3) is 5.91 Å². The van der Waals surface area contributed by atoms with Gasteiger partial charge in [0.2, 0.25) is 5.91 Å². The largest absolute Gasteiger partial charge is 0.326 e. The second-order valence-electron chi connectivity index (χ2n) is 6.83. The Kier molecular flexibility index (Phi) is 5.15. The fraction of sp³-hybridized carbons (Fsp3) is 0.174. The second-order valence-corrected chi connectivity index (χ2v) is 6.83. The van der Waals surface area contributed by atoms with Crippen molar-refractivity contribution in [3.05, 3.63) is 89.7 Å². The minimum Gasteiger partial charge on any atom is -0.326 e. The number of hydrogen-bond donors (Lipinski definition) is 1. The Morgan fingerprint density at radius 1 is 1.04 bits per heavy atom. The molecule has 0 fully saturated rings. The highest BCUT2D eigenvalue weighted by Gasteiger charge is 2.26. The first kappa shape index (κ1) is 17.9. The molecule has 0 saturated carbocycles. The highest BCUT2D eigenvalue weighted by molar-refractivity contribution is 6.07. The van der Waals surface area contributed by atoms with Gasteiger partial charge in [-0.3, -0.25) is 14.6 Å². The minimum atomic E-state index is -0.0700. The zero-order valence-corrected chi connectivity index (χ0v) is 15.5. The molecule has 4 rings (SSSR count). The maximum Gasteiger partial charge on any atom is 0.259 e. The second kappa shape index (κ2) is 8.05. The molecule has 2 heterocycles. The molecule has 2 aromatic carbocycles. The van der Waals surface area contributed by atoms with Gasteiger partial charge in [0.05, 0.1) is 5.56 Å². The number of carbonyl (C=O) groups excluding carboxylic acids is 2. The van der Waals surface area contributed by atoms with E-state index < -0.39 is 0 Å². The Morgan fingerprint density at radius 2 is 1.89 bits per heavy atom. The average molecular weight is 371 g/mol. The lowest BCUT2D eigenvalue weighted by Gasteiger charge is -2.18. The lowest BCUT2D eigenvalue weighted by Crippen LogP contribution is -2.29. The van der Waals surface area contributed by atoms with E-state index in [4.69, 9.17) is 0 Å².